The molecule has 3 N–H and O–H groups in total. The minimum Gasteiger partial charge on any atom is -0.503 e. The zero-order valence-electron chi connectivity index (χ0n) is 4.00. The monoisotopic (exact) mass is 110 g/mol. The Morgan fingerprint density at radius 1 is 1.75 bits per heavy atom. The zero-order valence-corrected chi connectivity index (χ0v) is 4.00. The minimum absolute atomic E-state index is 0.0556. The number of rotatable bonds is 0. The lowest BCUT2D eigenvalue weighted by Gasteiger charge is -1.89. The second-order valence-electron chi connectivity index (χ2n) is 1.24. The lowest BCUT2D eigenvalue weighted by atomic mass is 10.5. The molecule has 1 rings (SSSR count). The third kappa shape index (κ3) is 0.676. The molecule has 0 aliphatic heterocycles. The maximum Gasteiger partial charge on any atom is 0.200 e. The fourth-order valence-electron chi connectivity index (χ4n) is 0.296. The number of hydrogen-bond acceptors (Lipinski definition) is 4. The van der Waals surface area contributed by atoms with Gasteiger partial charge < -0.3 is 10.8 Å². The SMILES string of the molecule is Nc1n[c]ncc1O. The molecule has 4 nitrogen and oxygen atoms in total. The van der Waals surface area contributed by atoms with E-state index in [0.717, 1.165) is 0 Å². The highest BCUT2D eigenvalue weighted by Gasteiger charge is 1.91. The second-order valence-corrected chi connectivity index (χ2v) is 1.24. The molecule has 0 bridgehead atoms. The molecule has 4 heteroatoms. The van der Waals surface area contributed by atoms with Gasteiger partial charge in [-0.1, -0.05) is 0 Å². The van der Waals surface area contributed by atoms with Gasteiger partial charge in [0, 0.05) is 0 Å². The Morgan fingerprint density at radius 3 is 2.88 bits per heavy atom. The number of aromatic nitrogens is 2. The van der Waals surface area contributed by atoms with Crippen LogP contribution in [0.4, 0.5) is 5.82 Å². The largest absolute Gasteiger partial charge is 0.503 e. The molecular formula is C4H4N3O. The highest BCUT2D eigenvalue weighted by Crippen LogP contribution is 2.10. The van der Waals surface area contributed by atoms with E-state index >= 15 is 0 Å². The summed E-state index contributed by atoms with van der Waals surface area (Å²) < 4.78 is 0. The van der Waals surface area contributed by atoms with Crippen LogP contribution < -0.4 is 5.73 Å². The van der Waals surface area contributed by atoms with Crippen molar-refractivity contribution in [3.63, 3.8) is 0 Å². The molecular weight excluding hydrogens is 106 g/mol. The number of anilines is 1. The summed E-state index contributed by atoms with van der Waals surface area (Å²) in [5, 5.41) is 8.65. The van der Waals surface area contributed by atoms with Crippen molar-refractivity contribution in [2.45, 2.75) is 0 Å². The van der Waals surface area contributed by atoms with Crippen molar-refractivity contribution >= 4 is 5.82 Å². The van der Waals surface area contributed by atoms with E-state index in [9.17, 15) is 0 Å². The van der Waals surface area contributed by atoms with Gasteiger partial charge >= 0.3 is 0 Å². The molecule has 41 valence electrons. The van der Waals surface area contributed by atoms with Crippen LogP contribution in [-0.2, 0) is 0 Å². The molecule has 1 heterocycles. The van der Waals surface area contributed by atoms with Crippen LogP contribution in [-0.4, -0.2) is 15.1 Å². The van der Waals surface area contributed by atoms with E-state index in [0.29, 0.717) is 0 Å². The predicted octanol–water partition coefficient (Wildman–Crippen LogP) is -0.435. The van der Waals surface area contributed by atoms with Gasteiger partial charge in [0.25, 0.3) is 0 Å². The van der Waals surface area contributed by atoms with Crippen molar-refractivity contribution in [2.24, 2.45) is 0 Å². The van der Waals surface area contributed by atoms with Crippen molar-refractivity contribution in [1.29, 1.82) is 0 Å². The Kier molecular flexibility index (Phi) is 0.997. The Morgan fingerprint density at radius 2 is 2.50 bits per heavy atom. The normalized spacial score (nSPS) is 9.00. The maximum absolute atomic E-state index is 8.65. The third-order valence-electron chi connectivity index (χ3n) is 0.677. The molecule has 0 unspecified atom stereocenters. The Labute approximate surface area is 46.0 Å². The molecule has 1 aromatic rings. The molecule has 0 aliphatic carbocycles. The first kappa shape index (κ1) is 4.83. The van der Waals surface area contributed by atoms with Crippen LogP contribution in [0.25, 0.3) is 0 Å². The number of hydrogen-bond donors (Lipinski definition) is 2. The molecule has 0 aliphatic rings. The number of nitrogens with zero attached hydrogens (tertiary/aromatic N) is 2. The van der Waals surface area contributed by atoms with Gasteiger partial charge in [-0.3, -0.25) is 0 Å². The quantitative estimate of drug-likeness (QED) is 0.475. The van der Waals surface area contributed by atoms with E-state index in [2.05, 4.69) is 16.3 Å². The molecule has 0 saturated heterocycles. The summed E-state index contributed by atoms with van der Waals surface area (Å²) in [6.45, 7) is 0. The van der Waals surface area contributed by atoms with E-state index in [4.69, 9.17) is 10.8 Å². The van der Waals surface area contributed by atoms with Gasteiger partial charge in [0.1, 0.15) is 0 Å². The Hall–Kier alpha value is -1.32. The molecule has 1 aromatic heterocycles. The van der Waals surface area contributed by atoms with Crippen molar-refractivity contribution in [1.82, 2.24) is 9.97 Å². The van der Waals surface area contributed by atoms with Crippen LogP contribution in [0, 0.1) is 6.33 Å². The smallest absolute Gasteiger partial charge is 0.200 e. The lowest BCUT2D eigenvalue weighted by Crippen LogP contribution is -1.89. The van der Waals surface area contributed by atoms with Gasteiger partial charge in [-0.05, 0) is 0 Å². The first-order valence-electron chi connectivity index (χ1n) is 1.98. The third-order valence-corrected chi connectivity index (χ3v) is 0.677. The number of aromatic hydroxyl groups is 1. The van der Waals surface area contributed by atoms with E-state index in [1.165, 1.54) is 6.20 Å². The minimum atomic E-state index is -0.108. The first-order valence-corrected chi connectivity index (χ1v) is 1.98. The fraction of sp³-hybridized carbons (Fsp3) is 0. The first-order chi connectivity index (χ1) is 3.80. The van der Waals surface area contributed by atoms with Crippen LogP contribution in [0.2, 0.25) is 0 Å². The summed E-state index contributed by atoms with van der Waals surface area (Å²) in [6, 6.07) is 0. The van der Waals surface area contributed by atoms with Crippen LogP contribution >= 0.6 is 0 Å². The van der Waals surface area contributed by atoms with Gasteiger partial charge in [-0.15, -0.1) is 0 Å². The molecule has 0 fully saturated rings. The zero-order chi connectivity index (χ0) is 5.98. The Balaban J connectivity index is 3.13. The van der Waals surface area contributed by atoms with Crippen LogP contribution in [0.1, 0.15) is 0 Å². The topological polar surface area (TPSA) is 72.0 Å². The van der Waals surface area contributed by atoms with Gasteiger partial charge in [0.05, 0.1) is 6.20 Å². The van der Waals surface area contributed by atoms with E-state index < -0.39 is 0 Å². The van der Waals surface area contributed by atoms with Gasteiger partial charge in [-0.2, -0.15) is 0 Å². The number of nitrogens with two attached hydrogens (primary N) is 1. The van der Waals surface area contributed by atoms with Crippen molar-refractivity contribution in [3.05, 3.63) is 12.5 Å². The lowest BCUT2D eigenvalue weighted by molar-refractivity contribution is 0.472. The summed E-state index contributed by atoms with van der Waals surface area (Å²) in [5.41, 5.74) is 5.09. The molecule has 0 aromatic carbocycles. The molecule has 1 radical (unpaired) electrons. The number of nitrogen functional groups attached to an aromatic ring is 1. The summed E-state index contributed by atoms with van der Waals surface area (Å²) in [4.78, 5) is 6.75. The second kappa shape index (κ2) is 1.65. The van der Waals surface area contributed by atoms with E-state index in [1.54, 1.807) is 0 Å². The van der Waals surface area contributed by atoms with Crippen molar-refractivity contribution in [2.75, 3.05) is 5.73 Å². The standard InChI is InChI=1S/C4H4N3O/c5-4-3(8)1-6-2-7-4/h1,8H,(H2,5,6,7). The van der Waals surface area contributed by atoms with Crippen LogP contribution in [0.5, 0.6) is 5.75 Å². The maximum atomic E-state index is 8.65. The van der Waals surface area contributed by atoms with Crippen LogP contribution in [0.15, 0.2) is 6.20 Å². The highest BCUT2D eigenvalue weighted by molar-refractivity contribution is 5.40. The van der Waals surface area contributed by atoms with Crippen LogP contribution in [0.3, 0.4) is 0 Å². The predicted molar refractivity (Wildman–Crippen MR) is 26.9 cm³/mol. The van der Waals surface area contributed by atoms with E-state index in [-0.39, 0.29) is 11.6 Å². The highest BCUT2D eigenvalue weighted by atomic mass is 16.3. The van der Waals surface area contributed by atoms with Crippen molar-refractivity contribution in [3.8, 4) is 5.75 Å². The Bertz CT molecular complexity index is 167. The molecule has 8 heavy (non-hydrogen) atoms. The fourth-order valence-corrected chi connectivity index (χ4v) is 0.296. The van der Waals surface area contributed by atoms with Gasteiger partial charge in [-0.25, -0.2) is 9.97 Å². The molecule has 0 amide bonds. The summed E-state index contributed by atoms with van der Waals surface area (Å²) in [6.07, 6.45) is 3.40. The van der Waals surface area contributed by atoms with Gasteiger partial charge in [0.15, 0.2) is 17.9 Å². The summed E-state index contributed by atoms with van der Waals surface area (Å²) >= 11 is 0. The van der Waals surface area contributed by atoms with Gasteiger partial charge in [0.2, 0.25) is 0 Å². The molecule has 0 spiro atoms. The average Bonchev–Trinajstić information content (AvgIpc) is 1.77. The van der Waals surface area contributed by atoms with Crippen molar-refractivity contribution < 1.29 is 5.11 Å². The summed E-state index contributed by atoms with van der Waals surface area (Å²) in [7, 11) is 0. The molecule has 0 saturated carbocycles. The average molecular weight is 110 g/mol. The summed E-state index contributed by atoms with van der Waals surface area (Å²) in [5.74, 6) is -0.0521. The molecule has 0 atom stereocenters. The van der Waals surface area contributed by atoms with E-state index in [1.807, 2.05) is 0 Å².